The number of hydrogen-bond acceptors (Lipinski definition) is 0. The summed E-state index contributed by atoms with van der Waals surface area (Å²) in [5.41, 5.74) is 0.422. The van der Waals surface area contributed by atoms with Crippen molar-refractivity contribution in [2.45, 2.75) is 6.85 Å². The molecule has 0 aliphatic carbocycles. The standard InChI is InChI=1S/C19H14/c1-13-5-4-8-14-9-10-17-11-15-6-2-3-7-16(15)12-18(17)19(13)14/h2-12H,1H3/i1D3. The summed E-state index contributed by atoms with van der Waals surface area (Å²) in [4.78, 5) is 0. The highest BCUT2D eigenvalue weighted by Gasteiger charge is 2.04. The van der Waals surface area contributed by atoms with Crippen molar-refractivity contribution in [3.05, 3.63) is 72.3 Å². The largest absolute Gasteiger partial charge is 0.0616 e. The van der Waals surface area contributed by atoms with Crippen LogP contribution in [0.15, 0.2) is 66.7 Å². The minimum Gasteiger partial charge on any atom is -0.0616 e. The molecule has 0 atom stereocenters. The van der Waals surface area contributed by atoms with Crippen LogP contribution in [0.25, 0.3) is 32.3 Å². The molecule has 0 radical (unpaired) electrons. The first kappa shape index (κ1) is 7.96. The molecule has 0 aromatic heterocycles. The van der Waals surface area contributed by atoms with Gasteiger partial charge in [0.05, 0.1) is 0 Å². The Morgan fingerprint density at radius 2 is 1.42 bits per heavy atom. The Morgan fingerprint density at radius 3 is 2.26 bits per heavy atom. The van der Waals surface area contributed by atoms with Gasteiger partial charge in [0.15, 0.2) is 0 Å². The van der Waals surface area contributed by atoms with Crippen molar-refractivity contribution in [1.29, 1.82) is 0 Å². The minimum atomic E-state index is -2.11. The van der Waals surface area contributed by atoms with E-state index >= 15 is 0 Å². The Morgan fingerprint density at radius 1 is 0.684 bits per heavy atom. The van der Waals surface area contributed by atoms with Crippen LogP contribution in [0.2, 0.25) is 0 Å². The predicted molar refractivity (Wildman–Crippen MR) is 83.7 cm³/mol. The SMILES string of the molecule is [2H]C([2H])([2H])c1cccc2ccc3cc4ccccc4cc3c12. The maximum absolute atomic E-state index is 7.83. The molecule has 4 aromatic rings. The lowest BCUT2D eigenvalue weighted by molar-refractivity contribution is 1.54. The molecule has 0 aliphatic rings. The zero-order valence-corrected chi connectivity index (χ0v) is 10.4. The lowest BCUT2D eigenvalue weighted by Gasteiger charge is -2.08. The summed E-state index contributed by atoms with van der Waals surface area (Å²) in [5, 5.41) is 6.18. The van der Waals surface area contributed by atoms with Crippen molar-refractivity contribution in [3.63, 3.8) is 0 Å². The van der Waals surface area contributed by atoms with Crippen LogP contribution in [-0.2, 0) is 0 Å². The van der Waals surface area contributed by atoms with Gasteiger partial charge < -0.3 is 0 Å². The molecule has 19 heavy (non-hydrogen) atoms. The normalized spacial score (nSPS) is 14.4. The summed E-state index contributed by atoms with van der Waals surface area (Å²) in [6.45, 7) is -2.11. The average Bonchev–Trinajstić information content (AvgIpc) is 2.51. The molecule has 4 aromatic carbocycles. The van der Waals surface area contributed by atoms with Gasteiger partial charge in [0.25, 0.3) is 0 Å². The summed E-state index contributed by atoms with van der Waals surface area (Å²) in [5.74, 6) is 0. The van der Waals surface area contributed by atoms with Crippen LogP contribution < -0.4 is 0 Å². The highest BCUT2D eigenvalue weighted by atomic mass is 14.1. The van der Waals surface area contributed by atoms with Crippen molar-refractivity contribution in [2.24, 2.45) is 0 Å². The van der Waals surface area contributed by atoms with Crippen LogP contribution in [0, 0.1) is 6.85 Å². The second kappa shape index (κ2) is 3.83. The van der Waals surface area contributed by atoms with Gasteiger partial charge in [-0.15, -0.1) is 0 Å². The van der Waals surface area contributed by atoms with E-state index in [1.54, 1.807) is 6.07 Å². The molecule has 0 heteroatoms. The molecule has 0 unspecified atom stereocenters. The second-order valence-electron chi connectivity index (χ2n) is 4.89. The Kier molecular flexibility index (Phi) is 1.60. The summed E-state index contributed by atoms with van der Waals surface area (Å²) in [7, 11) is 0. The van der Waals surface area contributed by atoms with Gasteiger partial charge in [-0.3, -0.25) is 0 Å². The molecular weight excluding hydrogens is 228 g/mol. The van der Waals surface area contributed by atoms with Gasteiger partial charge in [-0.1, -0.05) is 54.6 Å². The van der Waals surface area contributed by atoms with Gasteiger partial charge >= 0.3 is 0 Å². The second-order valence-corrected chi connectivity index (χ2v) is 4.89. The zero-order chi connectivity index (χ0) is 15.3. The number of rotatable bonds is 0. The fourth-order valence-electron chi connectivity index (χ4n) is 2.80. The molecule has 90 valence electrons. The van der Waals surface area contributed by atoms with Crippen molar-refractivity contribution in [2.75, 3.05) is 0 Å². The van der Waals surface area contributed by atoms with Gasteiger partial charge in [0.1, 0.15) is 0 Å². The molecule has 0 aliphatic heterocycles. The maximum Gasteiger partial charge on any atom is 0.0280 e. The number of aryl methyl sites for hydroxylation is 1. The first-order valence-electron chi connectivity index (χ1n) is 7.89. The topological polar surface area (TPSA) is 0 Å². The van der Waals surface area contributed by atoms with Crippen molar-refractivity contribution >= 4 is 32.3 Å². The molecule has 0 bridgehead atoms. The van der Waals surface area contributed by atoms with E-state index in [0.29, 0.717) is 5.56 Å². The molecule has 0 N–H and O–H groups in total. The number of benzene rings is 4. The van der Waals surface area contributed by atoms with E-state index in [-0.39, 0.29) is 0 Å². The Hall–Kier alpha value is -2.34. The smallest absolute Gasteiger partial charge is 0.0280 e. The molecule has 0 saturated heterocycles. The molecule has 0 nitrogen and oxygen atoms in total. The van der Waals surface area contributed by atoms with Crippen molar-refractivity contribution in [1.82, 2.24) is 0 Å². The molecule has 0 fully saturated rings. The fraction of sp³-hybridized carbons (Fsp3) is 0.0526. The average molecular weight is 245 g/mol. The van der Waals surface area contributed by atoms with Crippen LogP contribution in [0.3, 0.4) is 0 Å². The minimum absolute atomic E-state index is 0.422. The quantitative estimate of drug-likeness (QED) is 0.285. The molecule has 0 saturated carbocycles. The van der Waals surface area contributed by atoms with Gasteiger partial charge in [-0.2, -0.15) is 0 Å². The summed E-state index contributed by atoms with van der Waals surface area (Å²) in [6, 6.07) is 21.9. The van der Waals surface area contributed by atoms with E-state index < -0.39 is 6.85 Å². The third-order valence-corrected chi connectivity index (χ3v) is 3.73. The van der Waals surface area contributed by atoms with Crippen LogP contribution in [-0.4, -0.2) is 0 Å². The summed E-state index contributed by atoms with van der Waals surface area (Å²) in [6.07, 6.45) is 0. The molecule has 0 heterocycles. The third-order valence-electron chi connectivity index (χ3n) is 3.73. The summed E-state index contributed by atoms with van der Waals surface area (Å²) < 4.78 is 23.5. The molecule has 0 amide bonds. The molecule has 0 spiro atoms. The Bertz CT molecular complexity index is 1010. The van der Waals surface area contributed by atoms with E-state index in [9.17, 15) is 0 Å². The Labute approximate surface area is 116 Å². The van der Waals surface area contributed by atoms with E-state index in [1.165, 1.54) is 5.39 Å². The highest BCUT2D eigenvalue weighted by molar-refractivity contribution is 6.13. The van der Waals surface area contributed by atoms with Crippen molar-refractivity contribution in [3.8, 4) is 0 Å². The first-order chi connectivity index (χ1) is 10.5. The van der Waals surface area contributed by atoms with Crippen LogP contribution in [0.1, 0.15) is 9.68 Å². The summed E-state index contributed by atoms with van der Waals surface area (Å²) >= 11 is 0. The molecular formula is C19H14. The number of fused-ring (bicyclic) bond motifs is 4. The van der Waals surface area contributed by atoms with E-state index in [2.05, 4.69) is 30.3 Å². The lowest BCUT2D eigenvalue weighted by Crippen LogP contribution is -1.82. The highest BCUT2D eigenvalue weighted by Crippen LogP contribution is 2.31. The fourth-order valence-corrected chi connectivity index (χ4v) is 2.80. The van der Waals surface area contributed by atoms with Gasteiger partial charge in [0, 0.05) is 4.11 Å². The third kappa shape index (κ3) is 1.53. The van der Waals surface area contributed by atoms with Crippen LogP contribution >= 0.6 is 0 Å². The van der Waals surface area contributed by atoms with Gasteiger partial charge in [0.2, 0.25) is 0 Å². The van der Waals surface area contributed by atoms with Gasteiger partial charge in [-0.25, -0.2) is 0 Å². The van der Waals surface area contributed by atoms with Gasteiger partial charge in [-0.05, 0) is 56.9 Å². The Balaban J connectivity index is 2.24. The van der Waals surface area contributed by atoms with Crippen LogP contribution in [0.5, 0.6) is 0 Å². The maximum atomic E-state index is 7.83. The monoisotopic (exact) mass is 245 g/mol. The number of hydrogen-bond donors (Lipinski definition) is 0. The van der Waals surface area contributed by atoms with E-state index in [1.807, 2.05) is 30.3 Å². The first-order valence-corrected chi connectivity index (χ1v) is 6.39. The lowest BCUT2D eigenvalue weighted by atomic mass is 9.96. The van der Waals surface area contributed by atoms with Crippen molar-refractivity contribution < 1.29 is 4.11 Å². The van der Waals surface area contributed by atoms with Crippen LogP contribution in [0.4, 0.5) is 0 Å². The molecule has 4 rings (SSSR count). The van der Waals surface area contributed by atoms with E-state index in [4.69, 9.17) is 4.11 Å². The zero-order valence-electron chi connectivity index (χ0n) is 13.4. The van der Waals surface area contributed by atoms with E-state index in [0.717, 1.165) is 26.9 Å². The predicted octanol–water partition coefficient (Wildman–Crippen LogP) is 5.45.